The van der Waals surface area contributed by atoms with E-state index in [2.05, 4.69) is 33.0 Å². The van der Waals surface area contributed by atoms with Crippen molar-refractivity contribution in [2.45, 2.75) is 188 Å². The summed E-state index contributed by atoms with van der Waals surface area (Å²) in [6.07, 6.45) is 26.4. The number of hydrogen-bond donors (Lipinski definition) is 3. The molecule has 0 aliphatic heterocycles. The number of hydrogen-bond acceptors (Lipinski definition) is 5. The average Bonchev–Trinajstić information content (AvgIpc) is 2.91. The van der Waals surface area contributed by atoms with Gasteiger partial charge in [0.25, 0.3) is 0 Å². The monoisotopic (exact) mass is 611 g/mol. The summed E-state index contributed by atoms with van der Waals surface area (Å²) < 4.78 is 0. The van der Waals surface area contributed by atoms with Crippen LogP contribution in [0.3, 0.4) is 0 Å². The fourth-order valence-corrected chi connectivity index (χ4v) is 5.95. The molecule has 0 unspecified atom stereocenters. The Morgan fingerprint density at radius 1 is 0.667 bits per heavy atom. The Morgan fingerprint density at radius 3 is 1.55 bits per heavy atom. The molecule has 42 heavy (non-hydrogen) atoms. The number of carbonyl (C=O) groups excluding carboxylic acids is 2. The Hall–Kier alpha value is -0.850. The molecule has 1 amide bonds. The minimum absolute atomic E-state index is 0.0333. The third-order valence-corrected chi connectivity index (χ3v) is 8.88. The Morgan fingerprint density at radius 2 is 1.10 bits per heavy atom. The van der Waals surface area contributed by atoms with Gasteiger partial charge in [0.1, 0.15) is 0 Å². The third kappa shape index (κ3) is 29.2. The van der Waals surface area contributed by atoms with E-state index in [0.717, 1.165) is 49.3 Å². The van der Waals surface area contributed by atoms with E-state index in [9.17, 15) is 19.8 Å². The molecule has 0 heterocycles. The maximum Gasteiger partial charge on any atom is 0.222 e. The fraction of sp³-hybridized carbons (Fsp3) is 0.889. The molecule has 0 aliphatic rings. The molecular formula is C36H69NO4S. The van der Waals surface area contributed by atoms with Crippen molar-refractivity contribution in [1.82, 2.24) is 5.32 Å². The predicted octanol–water partition coefficient (Wildman–Crippen LogP) is 9.53. The lowest BCUT2D eigenvalue weighted by atomic mass is 10.0. The highest BCUT2D eigenvalue weighted by atomic mass is 32.2. The van der Waals surface area contributed by atoms with Crippen LogP contribution in [0.15, 0.2) is 12.2 Å². The second kappa shape index (κ2) is 28.9. The molecule has 248 valence electrons. The van der Waals surface area contributed by atoms with Gasteiger partial charge in [-0.2, -0.15) is 0 Å². The topological polar surface area (TPSA) is 86.6 Å². The van der Waals surface area contributed by atoms with Crippen molar-refractivity contribution >= 4 is 22.8 Å². The quantitative estimate of drug-likeness (QED) is 0.0579. The number of carbonyl (C=O) groups is 2. The van der Waals surface area contributed by atoms with Gasteiger partial charge in [0.05, 0.1) is 24.7 Å². The summed E-state index contributed by atoms with van der Waals surface area (Å²) in [5, 5.41) is 23.9. The molecule has 6 heteroatoms. The second-order valence-electron chi connectivity index (χ2n) is 13.4. The molecule has 0 saturated carbocycles. The van der Waals surface area contributed by atoms with E-state index >= 15 is 0 Å². The van der Waals surface area contributed by atoms with E-state index in [4.69, 9.17) is 0 Å². The lowest BCUT2D eigenvalue weighted by molar-refractivity contribution is -0.124. The van der Waals surface area contributed by atoms with Crippen molar-refractivity contribution in [2.24, 2.45) is 11.8 Å². The Bertz CT molecular complexity index is 667. The lowest BCUT2D eigenvalue weighted by Gasteiger charge is -2.22. The molecule has 3 N–H and O–H groups in total. The molecule has 0 aliphatic carbocycles. The van der Waals surface area contributed by atoms with Crippen molar-refractivity contribution in [1.29, 1.82) is 0 Å². The standard InChI is InChI=1S/C36H69NO4S/c1-30(2)24-20-16-12-8-6-10-14-18-22-26-33(39)28-36(41)37-34(29-42-32(5)38)35(40)27-23-19-15-11-7-9-13-17-21-25-31(3)4/h23,27,30-31,33-35,39-40H,6-22,24-26,28-29H2,1-5H3,(H,37,41)/b27-23+/t33-,34+,35-/m1/s1. The van der Waals surface area contributed by atoms with Crippen molar-refractivity contribution < 1.29 is 19.8 Å². The van der Waals surface area contributed by atoms with E-state index in [1.165, 1.54) is 103 Å². The van der Waals surface area contributed by atoms with Gasteiger partial charge >= 0.3 is 0 Å². The minimum atomic E-state index is -0.853. The van der Waals surface area contributed by atoms with Crippen LogP contribution in [-0.2, 0) is 9.59 Å². The normalized spacial score (nSPS) is 14.1. The first-order chi connectivity index (χ1) is 20.1. The zero-order chi connectivity index (χ0) is 31.4. The number of nitrogens with one attached hydrogen (secondary N) is 1. The van der Waals surface area contributed by atoms with Gasteiger partial charge in [0, 0.05) is 12.7 Å². The SMILES string of the molecule is CC(=O)SC[C@H](NC(=O)C[C@H](O)CCCCCCCCCCCC(C)C)[C@H](O)/C=C/CCCCCCCCCC(C)C. The van der Waals surface area contributed by atoms with Gasteiger partial charge in [-0.15, -0.1) is 0 Å². The van der Waals surface area contributed by atoms with Gasteiger partial charge in [-0.05, 0) is 31.1 Å². The first-order valence-corrected chi connectivity index (χ1v) is 18.6. The summed E-state index contributed by atoms with van der Waals surface area (Å²) in [6, 6.07) is -0.550. The zero-order valence-corrected chi connectivity index (χ0v) is 29.0. The van der Waals surface area contributed by atoms with Gasteiger partial charge in [-0.1, -0.05) is 161 Å². The van der Waals surface area contributed by atoms with E-state index in [1.54, 1.807) is 6.08 Å². The lowest BCUT2D eigenvalue weighted by Crippen LogP contribution is -2.45. The smallest absolute Gasteiger partial charge is 0.222 e. The summed E-state index contributed by atoms with van der Waals surface area (Å²) in [5.74, 6) is 1.67. The molecule has 5 nitrogen and oxygen atoms in total. The van der Waals surface area contributed by atoms with Gasteiger partial charge in [-0.25, -0.2) is 0 Å². The first-order valence-electron chi connectivity index (χ1n) is 17.6. The molecule has 3 atom stereocenters. The van der Waals surface area contributed by atoms with Gasteiger partial charge in [0.2, 0.25) is 5.91 Å². The number of thioether (sulfide) groups is 1. The Kier molecular flexibility index (Phi) is 28.3. The minimum Gasteiger partial charge on any atom is -0.393 e. The van der Waals surface area contributed by atoms with E-state index < -0.39 is 18.2 Å². The molecule has 0 aromatic carbocycles. The van der Waals surface area contributed by atoms with Gasteiger partial charge < -0.3 is 15.5 Å². The summed E-state index contributed by atoms with van der Waals surface area (Å²) in [5.41, 5.74) is 0. The van der Waals surface area contributed by atoms with Gasteiger partial charge in [0.15, 0.2) is 5.12 Å². The first kappa shape index (κ1) is 41.1. The van der Waals surface area contributed by atoms with Gasteiger partial charge in [-0.3, -0.25) is 9.59 Å². The summed E-state index contributed by atoms with van der Waals surface area (Å²) in [4.78, 5) is 24.1. The molecule has 0 saturated heterocycles. The number of unbranched alkanes of at least 4 members (excludes halogenated alkanes) is 15. The van der Waals surface area contributed by atoms with Crippen LogP contribution in [-0.4, -0.2) is 45.2 Å². The number of rotatable bonds is 29. The highest BCUT2D eigenvalue weighted by Crippen LogP contribution is 2.16. The van der Waals surface area contributed by atoms with Crippen LogP contribution in [0.5, 0.6) is 0 Å². The van der Waals surface area contributed by atoms with Crippen molar-refractivity contribution in [3.63, 3.8) is 0 Å². The molecule has 0 radical (unpaired) electrons. The molecule has 0 aromatic heterocycles. The van der Waals surface area contributed by atoms with Crippen LogP contribution in [0.1, 0.15) is 169 Å². The Balaban J connectivity index is 4.12. The molecule has 0 aromatic rings. The van der Waals surface area contributed by atoms with Crippen LogP contribution in [0.4, 0.5) is 0 Å². The number of aliphatic hydroxyl groups is 2. The van der Waals surface area contributed by atoms with Crippen LogP contribution in [0.2, 0.25) is 0 Å². The van der Waals surface area contributed by atoms with Crippen molar-refractivity contribution in [3.05, 3.63) is 12.2 Å². The second-order valence-corrected chi connectivity index (χ2v) is 14.5. The van der Waals surface area contributed by atoms with E-state index in [1.807, 2.05) is 6.08 Å². The third-order valence-electron chi connectivity index (χ3n) is 7.95. The predicted molar refractivity (Wildman–Crippen MR) is 183 cm³/mol. The summed E-state index contributed by atoms with van der Waals surface area (Å²) >= 11 is 1.11. The number of amides is 1. The molecule has 0 bridgehead atoms. The van der Waals surface area contributed by atoms with Crippen LogP contribution in [0, 0.1) is 11.8 Å². The maximum atomic E-state index is 12.6. The number of aliphatic hydroxyl groups excluding tert-OH is 2. The zero-order valence-electron chi connectivity index (χ0n) is 28.2. The fourth-order valence-electron chi connectivity index (χ4n) is 5.25. The van der Waals surface area contributed by atoms with Crippen LogP contribution >= 0.6 is 11.8 Å². The Labute approximate surface area is 264 Å². The van der Waals surface area contributed by atoms with E-state index in [-0.39, 0.29) is 17.4 Å². The molecule has 0 spiro atoms. The van der Waals surface area contributed by atoms with Crippen molar-refractivity contribution in [3.8, 4) is 0 Å². The highest BCUT2D eigenvalue weighted by molar-refractivity contribution is 8.13. The molecule has 0 fully saturated rings. The number of allylic oxidation sites excluding steroid dienone is 1. The average molecular weight is 612 g/mol. The van der Waals surface area contributed by atoms with E-state index in [0.29, 0.717) is 12.2 Å². The molecule has 0 rings (SSSR count). The summed E-state index contributed by atoms with van der Waals surface area (Å²) in [7, 11) is 0. The summed E-state index contributed by atoms with van der Waals surface area (Å²) in [6.45, 7) is 10.6. The van der Waals surface area contributed by atoms with Crippen LogP contribution < -0.4 is 5.32 Å². The largest absolute Gasteiger partial charge is 0.393 e. The highest BCUT2D eigenvalue weighted by Gasteiger charge is 2.21. The maximum absolute atomic E-state index is 12.6. The molecular weight excluding hydrogens is 542 g/mol. The van der Waals surface area contributed by atoms with Crippen molar-refractivity contribution in [2.75, 3.05) is 5.75 Å². The van der Waals surface area contributed by atoms with Crippen LogP contribution in [0.25, 0.3) is 0 Å².